The van der Waals surface area contributed by atoms with Crippen molar-refractivity contribution in [3.63, 3.8) is 0 Å². The Hall–Kier alpha value is -4.38. The highest BCUT2D eigenvalue weighted by Crippen LogP contribution is 2.32. The number of rotatable bonds is 7. The molecule has 0 aliphatic heterocycles. The van der Waals surface area contributed by atoms with Crippen molar-refractivity contribution in [2.45, 2.75) is 13.1 Å². The molecular weight excluding hydrogens is 406 g/mol. The standard InChI is InChI=1S/C28H25N5/c29-26-27(32-25-17-9-15-23-14-7-8-16-24(23)25)30-20-31-28(26)33(18-21-10-3-1-4-11-21)19-22-12-5-2-6-13-22/h1-17,20H,18-19,29H2,(H,30,31,32). The lowest BCUT2D eigenvalue weighted by molar-refractivity contribution is 0.782. The molecule has 33 heavy (non-hydrogen) atoms. The second-order valence-electron chi connectivity index (χ2n) is 7.94. The van der Waals surface area contributed by atoms with E-state index >= 15 is 0 Å². The number of fused-ring (bicyclic) bond motifs is 1. The van der Waals surface area contributed by atoms with E-state index in [1.54, 1.807) is 6.33 Å². The Bertz CT molecular complexity index is 1310. The molecule has 1 heterocycles. The first-order chi connectivity index (χ1) is 16.3. The molecule has 0 aliphatic rings. The first-order valence-corrected chi connectivity index (χ1v) is 11.0. The van der Waals surface area contributed by atoms with Crippen LogP contribution < -0.4 is 16.0 Å². The quantitative estimate of drug-likeness (QED) is 0.323. The van der Waals surface area contributed by atoms with Gasteiger partial charge in [-0.3, -0.25) is 0 Å². The van der Waals surface area contributed by atoms with Crippen molar-refractivity contribution in [2.24, 2.45) is 0 Å². The van der Waals surface area contributed by atoms with Crippen LogP contribution in [0.1, 0.15) is 11.1 Å². The summed E-state index contributed by atoms with van der Waals surface area (Å²) in [5.74, 6) is 1.31. The zero-order chi connectivity index (χ0) is 22.5. The molecule has 162 valence electrons. The Labute approximate surface area is 193 Å². The van der Waals surface area contributed by atoms with Crippen LogP contribution in [0.5, 0.6) is 0 Å². The molecule has 0 spiro atoms. The highest BCUT2D eigenvalue weighted by molar-refractivity contribution is 5.96. The predicted molar refractivity (Wildman–Crippen MR) is 136 cm³/mol. The summed E-state index contributed by atoms with van der Waals surface area (Å²) in [5, 5.41) is 5.71. The van der Waals surface area contributed by atoms with E-state index in [1.807, 2.05) is 60.7 Å². The first kappa shape index (κ1) is 20.5. The molecule has 0 amide bonds. The first-order valence-electron chi connectivity index (χ1n) is 11.0. The lowest BCUT2D eigenvalue weighted by Crippen LogP contribution is -2.24. The fraction of sp³-hybridized carbons (Fsp3) is 0.0714. The number of nitrogens with zero attached hydrogens (tertiary/aromatic N) is 3. The molecule has 0 atom stereocenters. The van der Waals surface area contributed by atoms with Gasteiger partial charge in [0.1, 0.15) is 12.0 Å². The van der Waals surface area contributed by atoms with E-state index in [0.29, 0.717) is 30.4 Å². The molecule has 0 saturated heterocycles. The maximum absolute atomic E-state index is 6.65. The van der Waals surface area contributed by atoms with Crippen LogP contribution in [-0.2, 0) is 13.1 Å². The molecule has 0 aliphatic carbocycles. The van der Waals surface area contributed by atoms with Crippen LogP contribution in [-0.4, -0.2) is 9.97 Å². The molecule has 5 aromatic rings. The minimum Gasteiger partial charge on any atom is -0.393 e. The highest BCUT2D eigenvalue weighted by atomic mass is 15.2. The number of benzene rings is 4. The fourth-order valence-corrected chi connectivity index (χ4v) is 4.01. The van der Waals surface area contributed by atoms with Crippen LogP contribution in [0.15, 0.2) is 109 Å². The lowest BCUT2D eigenvalue weighted by Gasteiger charge is -2.26. The van der Waals surface area contributed by atoms with Gasteiger partial charge in [-0.15, -0.1) is 0 Å². The van der Waals surface area contributed by atoms with Gasteiger partial charge in [0.15, 0.2) is 11.6 Å². The molecule has 4 aromatic carbocycles. The number of nitrogen functional groups attached to an aromatic ring is 1. The van der Waals surface area contributed by atoms with Gasteiger partial charge in [-0.2, -0.15) is 0 Å². The molecule has 0 radical (unpaired) electrons. The van der Waals surface area contributed by atoms with E-state index in [4.69, 9.17) is 5.73 Å². The molecule has 1 aromatic heterocycles. The maximum Gasteiger partial charge on any atom is 0.159 e. The largest absolute Gasteiger partial charge is 0.393 e. The molecule has 0 saturated carbocycles. The van der Waals surface area contributed by atoms with Crippen molar-refractivity contribution in [1.82, 2.24) is 9.97 Å². The van der Waals surface area contributed by atoms with E-state index < -0.39 is 0 Å². The summed E-state index contributed by atoms with van der Waals surface area (Å²) < 4.78 is 0. The van der Waals surface area contributed by atoms with Gasteiger partial charge in [0.2, 0.25) is 0 Å². The minimum atomic E-state index is 0.525. The second kappa shape index (κ2) is 9.40. The van der Waals surface area contributed by atoms with E-state index in [-0.39, 0.29) is 0 Å². The average molecular weight is 432 g/mol. The summed E-state index contributed by atoms with van der Waals surface area (Å²) in [5.41, 5.74) is 10.5. The highest BCUT2D eigenvalue weighted by Gasteiger charge is 2.17. The van der Waals surface area contributed by atoms with Crippen molar-refractivity contribution in [3.05, 3.63) is 121 Å². The molecule has 0 fully saturated rings. The smallest absolute Gasteiger partial charge is 0.159 e. The molecule has 0 bridgehead atoms. The number of hydrogen-bond donors (Lipinski definition) is 2. The van der Waals surface area contributed by atoms with Crippen LogP contribution in [0.25, 0.3) is 10.8 Å². The summed E-state index contributed by atoms with van der Waals surface area (Å²) >= 11 is 0. The fourth-order valence-electron chi connectivity index (χ4n) is 4.01. The van der Waals surface area contributed by atoms with Crippen molar-refractivity contribution >= 4 is 33.8 Å². The van der Waals surface area contributed by atoms with Crippen molar-refractivity contribution in [2.75, 3.05) is 16.0 Å². The van der Waals surface area contributed by atoms with E-state index in [1.165, 1.54) is 11.1 Å². The molecule has 0 unspecified atom stereocenters. The third-order valence-corrected chi connectivity index (χ3v) is 5.64. The van der Waals surface area contributed by atoms with Crippen LogP contribution in [0.4, 0.5) is 23.0 Å². The SMILES string of the molecule is Nc1c(Nc2cccc3ccccc23)ncnc1N(Cc1ccccc1)Cc1ccccc1. The van der Waals surface area contributed by atoms with Gasteiger partial charge in [0.05, 0.1) is 0 Å². The predicted octanol–water partition coefficient (Wildman–Crippen LogP) is 6.16. The van der Waals surface area contributed by atoms with E-state index in [0.717, 1.165) is 16.5 Å². The molecule has 3 N–H and O–H groups in total. The monoisotopic (exact) mass is 431 g/mol. The van der Waals surface area contributed by atoms with Crippen LogP contribution in [0.3, 0.4) is 0 Å². The van der Waals surface area contributed by atoms with Crippen LogP contribution >= 0.6 is 0 Å². The Morgan fingerprint density at radius 2 is 1.27 bits per heavy atom. The van der Waals surface area contributed by atoms with Crippen molar-refractivity contribution in [1.29, 1.82) is 0 Å². The van der Waals surface area contributed by atoms with E-state index in [2.05, 4.69) is 62.6 Å². The van der Waals surface area contributed by atoms with Gasteiger partial charge < -0.3 is 16.0 Å². The topological polar surface area (TPSA) is 67.1 Å². The average Bonchev–Trinajstić information content (AvgIpc) is 2.86. The minimum absolute atomic E-state index is 0.525. The summed E-state index contributed by atoms with van der Waals surface area (Å²) in [4.78, 5) is 11.2. The Kier molecular flexibility index (Phi) is 5.85. The number of hydrogen-bond acceptors (Lipinski definition) is 5. The van der Waals surface area contributed by atoms with Crippen molar-refractivity contribution < 1.29 is 0 Å². The number of aromatic nitrogens is 2. The van der Waals surface area contributed by atoms with Gasteiger partial charge in [-0.25, -0.2) is 9.97 Å². The second-order valence-corrected chi connectivity index (χ2v) is 7.94. The van der Waals surface area contributed by atoms with Gasteiger partial charge in [0.25, 0.3) is 0 Å². The summed E-state index contributed by atoms with van der Waals surface area (Å²) in [6, 6.07) is 35.1. The van der Waals surface area contributed by atoms with Crippen molar-refractivity contribution in [3.8, 4) is 0 Å². The summed E-state index contributed by atoms with van der Waals surface area (Å²) in [6.07, 6.45) is 1.57. The molecule has 5 nitrogen and oxygen atoms in total. The number of nitrogens with one attached hydrogen (secondary N) is 1. The normalized spacial score (nSPS) is 10.8. The third-order valence-electron chi connectivity index (χ3n) is 5.64. The Morgan fingerprint density at radius 3 is 1.97 bits per heavy atom. The molecular formula is C28H25N5. The third kappa shape index (κ3) is 4.62. The zero-order valence-corrected chi connectivity index (χ0v) is 18.2. The molecule has 5 heteroatoms. The number of nitrogens with two attached hydrogens (primary N) is 1. The van der Waals surface area contributed by atoms with Crippen LogP contribution in [0.2, 0.25) is 0 Å². The van der Waals surface area contributed by atoms with Gasteiger partial charge in [-0.05, 0) is 22.6 Å². The zero-order valence-electron chi connectivity index (χ0n) is 18.2. The maximum atomic E-state index is 6.65. The number of anilines is 4. The van der Waals surface area contributed by atoms with Gasteiger partial charge in [-0.1, -0.05) is 97.1 Å². The summed E-state index contributed by atoms with van der Waals surface area (Å²) in [7, 11) is 0. The Morgan fingerprint density at radius 1 is 0.667 bits per heavy atom. The lowest BCUT2D eigenvalue weighted by atomic mass is 10.1. The Balaban J connectivity index is 1.51. The summed E-state index contributed by atoms with van der Waals surface area (Å²) in [6.45, 7) is 1.37. The van der Waals surface area contributed by atoms with Gasteiger partial charge >= 0.3 is 0 Å². The molecule has 5 rings (SSSR count). The van der Waals surface area contributed by atoms with Gasteiger partial charge in [0, 0.05) is 24.2 Å². The van der Waals surface area contributed by atoms with Crippen LogP contribution in [0, 0.1) is 0 Å². The van der Waals surface area contributed by atoms with E-state index in [9.17, 15) is 0 Å².